The maximum atomic E-state index is 11.4. The van der Waals surface area contributed by atoms with Crippen molar-refractivity contribution >= 4 is 23.2 Å². The summed E-state index contributed by atoms with van der Waals surface area (Å²) in [6.45, 7) is 3.65. The van der Waals surface area contributed by atoms with E-state index in [1.54, 1.807) is 18.5 Å². The van der Waals surface area contributed by atoms with Crippen LogP contribution in [0.1, 0.15) is 5.56 Å². The molecule has 0 aliphatic carbocycles. The first kappa shape index (κ1) is 11.6. The normalized spacial score (nSPS) is 10.4. The Balaban J connectivity index is 2.21. The fourth-order valence-electron chi connectivity index (χ4n) is 1.36. The van der Waals surface area contributed by atoms with Crippen molar-refractivity contribution in [3.63, 3.8) is 0 Å². The molecule has 0 aromatic carbocycles. The van der Waals surface area contributed by atoms with Crippen molar-refractivity contribution in [2.75, 3.05) is 6.61 Å². The van der Waals surface area contributed by atoms with Gasteiger partial charge in [-0.15, -0.1) is 0 Å². The summed E-state index contributed by atoms with van der Waals surface area (Å²) in [7, 11) is 0. The highest BCUT2D eigenvalue weighted by Crippen LogP contribution is 2.16. The van der Waals surface area contributed by atoms with Gasteiger partial charge in [-0.25, -0.2) is 9.50 Å². The number of nitrogens with zero attached hydrogens (tertiary/aromatic N) is 3. The second-order valence-corrected chi connectivity index (χ2v) is 3.68. The largest absolute Gasteiger partial charge is 0.461 e. The summed E-state index contributed by atoms with van der Waals surface area (Å²) in [4.78, 5) is 15.5. The highest BCUT2D eigenvalue weighted by Gasteiger charge is 2.11. The van der Waals surface area contributed by atoms with Crippen LogP contribution < -0.4 is 0 Å². The van der Waals surface area contributed by atoms with Crippen molar-refractivity contribution in [1.82, 2.24) is 14.6 Å². The summed E-state index contributed by atoms with van der Waals surface area (Å²) in [5.41, 5.74) is 1.22. The molecule has 88 valence electrons. The number of rotatable bonds is 4. The quantitative estimate of drug-likeness (QED) is 0.471. The molecule has 6 heteroatoms. The van der Waals surface area contributed by atoms with Gasteiger partial charge in [0.25, 0.3) is 0 Å². The minimum absolute atomic E-state index is 0.0650. The zero-order chi connectivity index (χ0) is 12.3. The summed E-state index contributed by atoms with van der Waals surface area (Å²) < 4.78 is 6.34. The van der Waals surface area contributed by atoms with Crippen LogP contribution in [0.2, 0.25) is 5.15 Å². The summed E-state index contributed by atoms with van der Waals surface area (Å²) in [5, 5.41) is 4.37. The first-order valence-corrected chi connectivity index (χ1v) is 5.34. The van der Waals surface area contributed by atoms with E-state index in [4.69, 9.17) is 16.3 Å². The lowest BCUT2D eigenvalue weighted by molar-refractivity contribution is -0.141. The molecule has 17 heavy (non-hydrogen) atoms. The van der Waals surface area contributed by atoms with Gasteiger partial charge in [0.15, 0.2) is 5.65 Å². The number of ether oxygens (including phenoxy) is 1. The number of fused-ring (bicyclic) bond motifs is 1. The third kappa shape index (κ3) is 2.45. The van der Waals surface area contributed by atoms with Crippen molar-refractivity contribution in [3.05, 3.63) is 41.8 Å². The molecule has 2 aromatic heterocycles. The lowest BCUT2D eigenvalue weighted by Crippen LogP contribution is -2.10. The van der Waals surface area contributed by atoms with E-state index < -0.39 is 0 Å². The molecule has 0 N–H and O–H groups in total. The number of esters is 1. The summed E-state index contributed by atoms with van der Waals surface area (Å²) in [5.74, 6) is -0.375. The molecule has 0 aliphatic rings. The fraction of sp³-hybridized carbons (Fsp3) is 0.182. The van der Waals surface area contributed by atoms with Crippen molar-refractivity contribution < 1.29 is 9.53 Å². The van der Waals surface area contributed by atoms with Crippen LogP contribution in [0, 0.1) is 0 Å². The molecule has 0 bridgehead atoms. The minimum atomic E-state index is -0.375. The smallest absolute Gasteiger partial charge is 0.310 e. The molecule has 0 radical (unpaired) electrons. The summed E-state index contributed by atoms with van der Waals surface area (Å²) in [6, 6.07) is 1.73. The first-order valence-electron chi connectivity index (χ1n) is 4.96. The topological polar surface area (TPSA) is 56.5 Å². The third-order valence-electron chi connectivity index (χ3n) is 2.12. The summed E-state index contributed by atoms with van der Waals surface area (Å²) in [6.07, 6.45) is 4.71. The van der Waals surface area contributed by atoms with E-state index in [0.717, 1.165) is 0 Å². The fourth-order valence-corrected chi connectivity index (χ4v) is 1.60. The van der Waals surface area contributed by atoms with E-state index in [-0.39, 0.29) is 19.0 Å². The number of hydrogen-bond donors (Lipinski definition) is 0. The Hall–Kier alpha value is -1.88. The molecule has 0 amide bonds. The molecule has 0 unspecified atom stereocenters. The van der Waals surface area contributed by atoms with Gasteiger partial charge < -0.3 is 4.74 Å². The SMILES string of the molecule is C=CCOC(=O)Cc1cnc2ccnn2c1Cl. The Bertz CT molecular complexity index is 565. The van der Waals surface area contributed by atoms with Gasteiger partial charge in [-0.1, -0.05) is 24.3 Å². The lowest BCUT2D eigenvalue weighted by atomic mass is 10.2. The average molecular weight is 252 g/mol. The van der Waals surface area contributed by atoms with Crippen LogP contribution in [0.5, 0.6) is 0 Å². The van der Waals surface area contributed by atoms with Crippen LogP contribution in [-0.4, -0.2) is 27.2 Å². The molecular formula is C11H10ClN3O2. The van der Waals surface area contributed by atoms with Gasteiger partial charge in [0.05, 0.1) is 12.6 Å². The van der Waals surface area contributed by atoms with Gasteiger partial charge in [-0.05, 0) is 0 Å². The predicted octanol–water partition coefficient (Wildman–Crippen LogP) is 1.65. The minimum Gasteiger partial charge on any atom is -0.461 e. The maximum absolute atomic E-state index is 11.4. The Labute approximate surface area is 103 Å². The first-order chi connectivity index (χ1) is 8.22. The zero-order valence-electron chi connectivity index (χ0n) is 8.97. The number of carbonyl (C=O) groups excluding carboxylic acids is 1. The number of halogens is 1. The van der Waals surface area contributed by atoms with Gasteiger partial charge in [0, 0.05) is 17.8 Å². The van der Waals surface area contributed by atoms with Gasteiger partial charge in [0.1, 0.15) is 11.8 Å². The molecule has 0 aliphatic heterocycles. The lowest BCUT2D eigenvalue weighted by Gasteiger charge is -2.05. The number of hydrogen-bond acceptors (Lipinski definition) is 4. The van der Waals surface area contributed by atoms with Gasteiger partial charge >= 0.3 is 5.97 Å². The van der Waals surface area contributed by atoms with E-state index >= 15 is 0 Å². The Morgan fingerprint density at radius 3 is 3.24 bits per heavy atom. The van der Waals surface area contributed by atoms with Crippen molar-refractivity contribution in [2.45, 2.75) is 6.42 Å². The highest BCUT2D eigenvalue weighted by atomic mass is 35.5. The van der Waals surface area contributed by atoms with E-state index in [1.807, 2.05) is 0 Å². The number of aromatic nitrogens is 3. The number of carbonyl (C=O) groups is 1. The summed E-state index contributed by atoms with van der Waals surface area (Å²) >= 11 is 6.09. The van der Waals surface area contributed by atoms with Crippen molar-refractivity contribution in [1.29, 1.82) is 0 Å². The second-order valence-electron chi connectivity index (χ2n) is 3.32. The predicted molar refractivity (Wildman–Crippen MR) is 62.9 cm³/mol. The molecule has 2 aromatic rings. The molecule has 0 fully saturated rings. The Morgan fingerprint density at radius 2 is 2.47 bits per heavy atom. The van der Waals surface area contributed by atoms with Crippen molar-refractivity contribution in [3.8, 4) is 0 Å². The van der Waals surface area contributed by atoms with Crippen LogP contribution >= 0.6 is 11.6 Å². The second kappa shape index (κ2) is 4.97. The molecule has 0 saturated carbocycles. The van der Waals surface area contributed by atoms with E-state index in [1.165, 1.54) is 10.6 Å². The van der Waals surface area contributed by atoms with Crippen LogP contribution in [0.4, 0.5) is 0 Å². The van der Waals surface area contributed by atoms with E-state index in [0.29, 0.717) is 16.4 Å². The molecular weight excluding hydrogens is 242 g/mol. The van der Waals surface area contributed by atoms with Crippen LogP contribution in [0.25, 0.3) is 5.65 Å². The standard InChI is InChI=1S/C11H10ClN3O2/c1-2-5-17-10(16)6-8-7-13-9-3-4-14-15(9)11(8)12/h2-4,7H,1,5-6H2. The highest BCUT2D eigenvalue weighted by molar-refractivity contribution is 6.30. The third-order valence-corrected chi connectivity index (χ3v) is 2.53. The molecule has 0 spiro atoms. The van der Waals surface area contributed by atoms with Crippen LogP contribution in [0.15, 0.2) is 31.1 Å². The van der Waals surface area contributed by atoms with Gasteiger partial charge in [-0.2, -0.15) is 5.10 Å². The van der Waals surface area contributed by atoms with Gasteiger partial charge in [-0.3, -0.25) is 4.79 Å². The maximum Gasteiger partial charge on any atom is 0.310 e. The Kier molecular flexibility index (Phi) is 3.39. The molecule has 0 atom stereocenters. The molecule has 0 saturated heterocycles. The van der Waals surface area contributed by atoms with E-state index in [9.17, 15) is 4.79 Å². The van der Waals surface area contributed by atoms with E-state index in [2.05, 4.69) is 16.7 Å². The molecule has 2 rings (SSSR count). The monoisotopic (exact) mass is 251 g/mol. The van der Waals surface area contributed by atoms with Crippen LogP contribution in [-0.2, 0) is 16.0 Å². The van der Waals surface area contributed by atoms with Crippen molar-refractivity contribution in [2.24, 2.45) is 0 Å². The Morgan fingerprint density at radius 1 is 1.65 bits per heavy atom. The zero-order valence-corrected chi connectivity index (χ0v) is 9.72. The van der Waals surface area contributed by atoms with Gasteiger partial charge in [0.2, 0.25) is 0 Å². The average Bonchev–Trinajstić information content (AvgIpc) is 2.79. The molecule has 5 nitrogen and oxygen atoms in total. The molecule has 2 heterocycles. The van der Waals surface area contributed by atoms with Crippen LogP contribution in [0.3, 0.4) is 0 Å².